The monoisotopic (exact) mass is 341 g/mol. The second-order valence-corrected chi connectivity index (χ2v) is 7.52. The number of hydrogen-bond acceptors (Lipinski definition) is 3. The van der Waals surface area contributed by atoms with Crippen molar-refractivity contribution < 1.29 is 14.3 Å². The molecule has 0 unspecified atom stereocenters. The zero-order valence-corrected chi connectivity index (χ0v) is 15.3. The first kappa shape index (κ1) is 17.7. The summed E-state index contributed by atoms with van der Waals surface area (Å²) in [5.74, 6) is -0.566. The van der Waals surface area contributed by atoms with Crippen LogP contribution in [0.25, 0.3) is 0 Å². The molecule has 3 atom stereocenters. The zero-order valence-electron chi connectivity index (χ0n) is 15.3. The normalized spacial score (nSPS) is 27.3. The summed E-state index contributed by atoms with van der Waals surface area (Å²) in [5.41, 5.74) is 2.21. The molecule has 4 heteroatoms. The van der Waals surface area contributed by atoms with Gasteiger partial charge in [-0.1, -0.05) is 43.3 Å². The Morgan fingerprint density at radius 1 is 1.36 bits per heavy atom. The number of amides is 1. The lowest BCUT2D eigenvalue weighted by molar-refractivity contribution is -0.150. The van der Waals surface area contributed by atoms with Gasteiger partial charge in [0, 0.05) is 17.0 Å². The lowest BCUT2D eigenvalue weighted by Crippen LogP contribution is -2.50. The van der Waals surface area contributed by atoms with E-state index in [0.717, 1.165) is 36.9 Å². The maximum atomic E-state index is 13.3. The molecule has 0 N–H and O–H groups in total. The van der Waals surface area contributed by atoms with Crippen LogP contribution in [-0.4, -0.2) is 23.9 Å². The number of carbonyl (C=O) groups excluding carboxylic acids is 2. The number of benzene rings is 1. The molecular formula is C21H27NO3. The van der Waals surface area contributed by atoms with Crippen LogP contribution >= 0.6 is 0 Å². The Bertz CT molecular complexity index is 682. The van der Waals surface area contributed by atoms with Crippen LogP contribution in [0.1, 0.15) is 57.6 Å². The molecule has 1 amide bonds. The molecule has 0 bridgehead atoms. The number of rotatable bonds is 4. The molecule has 1 heterocycles. The Hall–Kier alpha value is -2.10. The summed E-state index contributed by atoms with van der Waals surface area (Å²) < 4.78 is 4.83. The van der Waals surface area contributed by atoms with Crippen LogP contribution in [0.3, 0.4) is 0 Å². The summed E-state index contributed by atoms with van der Waals surface area (Å²) in [4.78, 5) is 27.0. The van der Waals surface area contributed by atoms with Gasteiger partial charge in [-0.3, -0.25) is 9.59 Å². The van der Waals surface area contributed by atoms with E-state index in [-0.39, 0.29) is 35.7 Å². The van der Waals surface area contributed by atoms with Gasteiger partial charge in [-0.2, -0.15) is 0 Å². The minimum absolute atomic E-state index is 0.0437. The number of ether oxygens (including phenoxy) is 1. The van der Waals surface area contributed by atoms with E-state index >= 15 is 0 Å². The van der Waals surface area contributed by atoms with Crippen molar-refractivity contribution >= 4 is 11.9 Å². The van der Waals surface area contributed by atoms with Crippen molar-refractivity contribution in [1.29, 1.82) is 0 Å². The van der Waals surface area contributed by atoms with Gasteiger partial charge in [-0.25, -0.2) is 0 Å². The smallest absolute Gasteiger partial charge is 0.306 e. The summed E-state index contributed by atoms with van der Waals surface area (Å²) in [6.45, 7) is 4.31. The third-order valence-corrected chi connectivity index (χ3v) is 5.74. The first-order valence-electron chi connectivity index (χ1n) is 9.12. The van der Waals surface area contributed by atoms with Gasteiger partial charge in [0.25, 0.3) is 0 Å². The quantitative estimate of drug-likeness (QED) is 0.770. The van der Waals surface area contributed by atoms with Gasteiger partial charge < -0.3 is 9.64 Å². The molecule has 4 nitrogen and oxygen atoms in total. The number of nitrogens with zero attached hydrogens (tertiary/aromatic N) is 1. The summed E-state index contributed by atoms with van der Waals surface area (Å²) in [7, 11) is 1.38. The molecule has 1 aromatic rings. The van der Waals surface area contributed by atoms with Crippen molar-refractivity contribution in [3.05, 3.63) is 47.7 Å². The van der Waals surface area contributed by atoms with Crippen molar-refractivity contribution in [1.82, 2.24) is 4.90 Å². The molecule has 25 heavy (non-hydrogen) atoms. The van der Waals surface area contributed by atoms with E-state index in [1.54, 1.807) is 0 Å². The molecule has 3 rings (SSSR count). The summed E-state index contributed by atoms with van der Waals surface area (Å²) >= 11 is 0. The van der Waals surface area contributed by atoms with Crippen LogP contribution in [0, 0.1) is 11.3 Å². The molecule has 0 radical (unpaired) electrons. The molecule has 1 aliphatic heterocycles. The fourth-order valence-electron chi connectivity index (χ4n) is 4.37. The van der Waals surface area contributed by atoms with Crippen LogP contribution in [0.4, 0.5) is 0 Å². The van der Waals surface area contributed by atoms with E-state index in [4.69, 9.17) is 4.74 Å². The Morgan fingerprint density at radius 2 is 2.08 bits per heavy atom. The first-order valence-corrected chi connectivity index (χ1v) is 9.12. The molecule has 2 aliphatic rings. The number of hydrogen-bond donors (Lipinski definition) is 0. The molecule has 0 spiro atoms. The SMILES string of the molecule is COC(=O)C[C@H]1C[C@@]2(C)CCCC=C2N([C@@H](C)c2ccccc2)C1=O. The maximum Gasteiger partial charge on any atom is 0.306 e. The standard InChI is InChI=1S/C21H27NO3/c1-15(16-9-5-4-6-10-16)22-18-11-7-8-12-21(18,2)14-17(20(22)24)13-19(23)25-3/h4-6,9-11,15,17H,7-8,12-14H2,1-3H3/t15-,17-,21+/m0/s1. The molecule has 134 valence electrons. The second-order valence-electron chi connectivity index (χ2n) is 7.52. The van der Waals surface area contributed by atoms with Crippen molar-refractivity contribution in [3.63, 3.8) is 0 Å². The molecule has 1 aromatic carbocycles. The summed E-state index contributed by atoms with van der Waals surface area (Å²) in [5, 5.41) is 0. The van der Waals surface area contributed by atoms with Gasteiger partial charge in [0.1, 0.15) is 0 Å². The van der Waals surface area contributed by atoms with E-state index in [1.807, 2.05) is 23.1 Å². The van der Waals surface area contributed by atoms with Crippen molar-refractivity contribution in [2.75, 3.05) is 7.11 Å². The minimum atomic E-state index is -0.308. The Balaban J connectivity index is 1.98. The van der Waals surface area contributed by atoms with Crippen LogP contribution in [0.15, 0.2) is 42.1 Å². The molecule has 1 saturated heterocycles. The molecule has 0 aromatic heterocycles. The van der Waals surface area contributed by atoms with Crippen LogP contribution < -0.4 is 0 Å². The number of piperidine rings is 1. The Kier molecular flexibility index (Phi) is 4.98. The highest BCUT2D eigenvalue weighted by atomic mass is 16.5. The van der Waals surface area contributed by atoms with Gasteiger partial charge in [0.2, 0.25) is 5.91 Å². The predicted octanol–water partition coefficient (Wildman–Crippen LogP) is 4.23. The Morgan fingerprint density at radius 3 is 2.76 bits per heavy atom. The van der Waals surface area contributed by atoms with Crippen molar-refractivity contribution in [3.8, 4) is 0 Å². The van der Waals surface area contributed by atoms with Crippen molar-refractivity contribution in [2.24, 2.45) is 11.3 Å². The van der Waals surface area contributed by atoms with Crippen LogP contribution in [0.5, 0.6) is 0 Å². The maximum absolute atomic E-state index is 13.3. The molecule has 1 aliphatic carbocycles. The molecule has 0 saturated carbocycles. The highest BCUT2D eigenvalue weighted by Crippen LogP contribution is 2.51. The molecular weight excluding hydrogens is 314 g/mol. The van der Waals surface area contributed by atoms with E-state index in [9.17, 15) is 9.59 Å². The number of esters is 1. The van der Waals surface area contributed by atoms with E-state index in [2.05, 4.69) is 32.1 Å². The number of fused-ring (bicyclic) bond motifs is 1. The van der Waals surface area contributed by atoms with Gasteiger partial charge >= 0.3 is 5.97 Å². The predicted molar refractivity (Wildman–Crippen MR) is 96.5 cm³/mol. The van der Waals surface area contributed by atoms with E-state index in [0.29, 0.717) is 0 Å². The van der Waals surface area contributed by atoms with Crippen LogP contribution in [-0.2, 0) is 14.3 Å². The van der Waals surface area contributed by atoms with Gasteiger partial charge in [-0.05, 0) is 38.2 Å². The number of methoxy groups -OCH3 is 1. The fourth-order valence-corrected chi connectivity index (χ4v) is 4.37. The third-order valence-electron chi connectivity index (χ3n) is 5.74. The lowest BCUT2D eigenvalue weighted by Gasteiger charge is -2.50. The van der Waals surface area contributed by atoms with Gasteiger partial charge in [-0.15, -0.1) is 0 Å². The average molecular weight is 341 g/mol. The highest BCUT2D eigenvalue weighted by molar-refractivity contribution is 5.86. The Labute approximate surface area is 149 Å². The van der Waals surface area contributed by atoms with Crippen molar-refractivity contribution in [2.45, 2.75) is 52.0 Å². The van der Waals surface area contributed by atoms with E-state index in [1.165, 1.54) is 7.11 Å². The number of likely N-dealkylation sites (tertiary alicyclic amines) is 1. The fraction of sp³-hybridized carbons (Fsp3) is 0.524. The topological polar surface area (TPSA) is 46.6 Å². The number of carbonyl (C=O) groups is 2. The highest BCUT2D eigenvalue weighted by Gasteiger charge is 2.47. The third kappa shape index (κ3) is 3.35. The molecule has 1 fully saturated rings. The van der Waals surface area contributed by atoms with Crippen LogP contribution in [0.2, 0.25) is 0 Å². The first-order chi connectivity index (χ1) is 12.0. The van der Waals surface area contributed by atoms with Gasteiger partial charge in [0.05, 0.1) is 19.6 Å². The largest absolute Gasteiger partial charge is 0.469 e. The second kappa shape index (κ2) is 7.03. The number of allylic oxidation sites excluding steroid dienone is 2. The lowest BCUT2D eigenvalue weighted by atomic mass is 9.67. The average Bonchev–Trinajstić information content (AvgIpc) is 2.62. The summed E-state index contributed by atoms with van der Waals surface area (Å²) in [6, 6.07) is 10.1. The van der Waals surface area contributed by atoms with Gasteiger partial charge in [0.15, 0.2) is 0 Å². The summed E-state index contributed by atoms with van der Waals surface area (Å²) in [6.07, 6.45) is 6.32. The van der Waals surface area contributed by atoms with E-state index < -0.39 is 0 Å². The minimum Gasteiger partial charge on any atom is -0.469 e. The zero-order chi connectivity index (χ0) is 18.0.